The van der Waals surface area contributed by atoms with Gasteiger partial charge in [0, 0.05) is 18.4 Å². The number of halogens is 1. The summed E-state index contributed by atoms with van der Waals surface area (Å²) >= 11 is 3.44. The van der Waals surface area contributed by atoms with Crippen molar-refractivity contribution in [3.05, 3.63) is 23.0 Å². The first-order valence-corrected chi connectivity index (χ1v) is 6.60. The van der Waals surface area contributed by atoms with Crippen molar-refractivity contribution in [2.75, 3.05) is 13.6 Å². The summed E-state index contributed by atoms with van der Waals surface area (Å²) in [4.78, 5) is 14.2. The quantitative estimate of drug-likeness (QED) is 0.801. The molecule has 0 aliphatic carbocycles. The van der Waals surface area contributed by atoms with E-state index in [1.807, 2.05) is 26.8 Å². The minimum absolute atomic E-state index is 0.00569. The molecule has 0 radical (unpaired) electrons. The number of carbonyl (C=O) groups is 1. The predicted octanol–water partition coefficient (Wildman–Crippen LogP) is 2.20. The normalized spacial score (nSPS) is 12.3. The van der Waals surface area contributed by atoms with Crippen molar-refractivity contribution in [1.29, 1.82) is 0 Å². The number of amides is 1. The first-order chi connectivity index (χ1) is 7.95. The molecule has 17 heavy (non-hydrogen) atoms. The lowest BCUT2D eigenvalue weighted by Crippen LogP contribution is -2.32. The van der Waals surface area contributed by atoms with Crippen LogP contribution < -0.4 is 0 Å². The summed E-state index contributed by atoms with van der Waals surface area (Å²) in [5, 5.41) is 8.05. The molecule has 1 atom stereocenters. The van der Waals surface area contributed by atoms with E-state index in [9.17, 15) is 4.79 Å². The first-order valence-electron chi connectivity index (χ1n) is 5.68. The first kappa shape index (κ1) is 14.1. The molecule has 1 amide bonds. The summed E-state index contributed by atoms with van der Waals surface area (Å²) in [6, 6.07) is 1.81. The van der Waals surface area contributed by atoms with Crippen LogP contribution in [0.5, 0.6) is 0 Å². The highest BCUT2D eigenvalue weighted by Gasteiger charge is 2.17. The van der Waals surface area contributed by atoms with Crippen molar-refractivity contribution in [2.24, 2.45) is 0 Å². The maximum absolute atomic E-state index is 12.2. The zero-order valence-electron chi connectivity index (χ0n) is 10.7. The van der Waals surface area contributed by atoms with Crippen LogP contribution in [-0.2, 0) is 6.42 Å². The lowest BCUT2D eigenvalue weighted by molar-refractivity contribution is 0.0795. The minimum Gasteiger partial charge on any atom is -0.341 e. The van der Waals surface area contributed by atoms with E-state index >= 15 is 0 Å². The zero-order valence-corrected chi connectivity index (χ0v) is 12.3. The lowest BCUT2D eigenvalue weighted by Gasteiger charge is -2.19. The van der Waals surface area contributed by atoms with Crippen molar-refractivity contribution in [3.63, 3.8) is 0 Å². The number of hydrogen-bond acceptors (Lipinski definition) is 3. The van der Waals surface area contributed by atoms with E-state index in [0.717, 1.165) is 11.4 Å². The smallest absolute Gasteiger partial charge is 0.255 e. The van der Waals surface area contributed by atoms with Gasteiger partial charge in [-0.25, -0.2) is 0 Å². The number of hydrogen-bond donors (Lipinski definition) is 0. The van der Waals surface area contributed by atoms with Crippen LogP contribution in [0.25, 0.3) is 0 Å². The molecule has 0 bridgehead atoms. The van der Waals surface area contributed by atoms with Crippen molar-refractivity contribution < 1.29 is 4.79 Å². The highest BCUT2D eigenvalue weighted by molar-refractivity contribution is 9.09. The average Bonchev–Trinajstić information content (AvgIpc) is 2.27. The molecule has 0 N–H and O–H groups in total. The molecule has 1 rings (SSSR count). The van der Waals surface area contributed by atoms with Crippen molar-refractivity contribution in [1.82, 2.24) is 15.1 Å². The van der Waals surface area contributed by atoms with Gasteiger partial charge in [-0.3, -0.25) is 4.79 Å². The lowest BCUT2D eigenvalue weighted by atomic mass is 10.1. The van der Waals surface area contributed by atoms with Gasteiger partial charge in [0.2, 0.25) is 0 Å². The van der Waals surface area contributed by atoms with Gasteiger partial charge in [0.15, 0.2) is 0 Å². The topological polar surface area (TPSA) is 46.1 Å². The van der Waals surface area contributed by atoms with Crippen molar-refractivity contribution in [3.8, 4) is 0 Å². The van der Waals surface area contributed by atoms with Gasteiger partial charge in [0.25, 0.3) is 5.91 Å². The molecule has 0 spiro atoms. The molecule has 0 saturated heterocycles. The third-order valence-corrected chi connectivity index (χ3v) is 2.72. The van der Waals surface area contributed by atoms with Gasteiger partial charge in [0.05, 0.1) is 17.0 Å². The summed E-state index contributed by atoms with van der Waals surface area (Å²) in [6.45, 7) is 6.50. The van der Waals surface area contributed by atoms with Crippen LogP contribution in [0.3, 0.4) is 0 Å². The molecule has 4 nitrogen and oxygen atoms in total. The van der Waals surface area contributed by atoms with Gasteiger partial charge in [-0.05, 0) is 19.4 Å². The number of nitrogens with zero attached hydrogens (tertiary/aromatic N) is 3. The second-order valence-electron chi connectivity index (χ2n) is 4.17. The number of aromatic nitrogens is 2. The largest absolute Gasteiger partial charge is 0.341 e. The molecule has 1 aromatic rings. The molecule has 1 heterocycles. The number of carbonyl (C=O) groups excluding carboxylic acids is 1. The van der Waals surface area contributed by atoms with E-state index in [4.69, 9.17) is 0 Å². The molecule has 0 aliphatic rings. The fourth-order valence-corrected chi connectivity index (χ4v) is 2.06. The van der Waals surface area contributed by atoms with Gasteiger partial charge >= 0.3 is 0 Å². The van der Waals surface area contributed by atoms with Crippen LogP contribution in [0.1, 0.15) is 35.6 Å². The Bertz CT molecular complexity index is 407. The fraction of sp³-hybridized carbons (Fsp3) is 0.583. The Hall–Kier alpha value is -0.970. The summed E-state index contributed by atoms with van der Waals surface area (Å²) in [5.41, 5.74) is 2.19. The molecule has 5 heteroatoms. The Morgan fingerprint density at radius 1 is 1.53 bits per heavy atom. The van der Waals surface area contributed by atoms with E-state index in [1.54, 1.807) is 11.9 Å². The van der Waals surface area contributed by atoms with Crippen molar-refractivity contribution in [2.45, 2.75) is 32.0 Å². The van der Waals surface area contributed by atoms with Crippen molar-refractivity contribution >= 4 is 21.8 Å². The standard InChI is InChI=1S/C12H18BrN3O/c1-5-11-10(6-9(3)14-15-11)12(17)16(4)7-8(2)13/h6,8H,5,7H2,1-4H3. The summed E-state index contributed by atoms with van der Waals surface area (Å²) < 4.78 is 0. The second kappa shape index (κ2) is 6.10. The molecule has 1 aromatic heterocycles. The Morgan fingerprint density at radius 2 is 2.18 bits per heavy atom. The molecule has 94 valence electrons. The van der Waals surface area contributed by atoms with Gasteiger partial charge in [-0.15, -0.1) is 0 Å². The zero-order chi connectivity index (χ0) is 13.0. The van der Waals surface area contributed by atoms with Gasteiger partial charge in [0.1, 0.15) is 0 Å². The highest BCUT2D eigenvalue weighted by Crippen LogP contribution is 2.11. The van der Waals surface area contributed by atoms with Gasteiger partial charge < -0.3 is 4.90 Å². The van der Waals surface area contributed by atoms with Crippen LogP contribution in [0.2, 0.25) is 0 Å². The maximum atomic E-state index is 12.2. The monoisotopic (exact) mass is 299 g/mol. The van der Waals surface area contributed by atoms with Gasteiger partial charge in [-0.2, -0.15) is 10.2 Å². The number of rotatable bonds is 4. The third-order valence-electron chi connectivity index (χ3n) is 2.43. The van der Waals surface area contributed by atoms with E-state index in [0.29, 0.717) is 18.5 Å². The molecule has 0 aliphatic heterocycles. The van der Waals surface area contributed by atoms with E-state index in [-0.39, 0.29) is 10.7 Å². The van der Waals surface area contributed by atoms with E-state index in [1.165, 1.54) is 0 Å². The fourth-order valence-electron chi connectivity index (χ4n) is 1.63. The molecular formula is C12H18BrN3O. The average molecular weight is 300 g/mol. The maximum Gasteiger partial charge on any atom is 0.255 e. The van der Waals surface area contributed by atoms with E-state index < -0.39 is 0 Å². The van der Waals surface area contributed by atoms with Crippen LogP contribution in [0.4, 0.5) is 0 Å². The van der Waals surface area contributed by atoms with Crippen LogP contribution >= 0.6 is 15.9 Å². The Labute approximate surface area is 111 Å². The Kier molecular flexibility index (Phi) is 5.05. The predicted molar refractivity (Wildman–Crippen MR) is 71.5 cm³/mol. The van der Waals surface area contributed by atoms with E-state index in [2.05, 4.69) is 26.1 Å². The second-order valence-corrected chi connectivity index (χ2v) is 5.73. The number of alkyl halides is 1. The summed E-state index contributed by atoms with van der Waals surface area (Å²) in [7, 11) is 1.80. The molecule has 1 unspecified atom stereocenters. The third kappa shape index (κ3) is 3.77. The molecule has 0 aromatic carbocycles. The molecule has 0 saturated carbocycles. The van der Waals surface area contributed by atoms with Crippen LogP contribution in [-0.4, -0.2) is 39.4 Å². The Balaban J connectivity index is 2.98. The summed E-state index contributed by atoms with van der Waals surface area (Å²) in [5.74, 6) is 0.00569. The highest BCUT2D eigenvalue weighted by atomic mass is 79.9. The Morgan fingerprint density at radius 3 is 2.71 bits per heavy atom. The molecular weight excluding hydrogens is 282 g/mol. The summed E-state index contributed by atoms with van der Waals surface area (Å²) in [6.07, 6.45) is 0.714. The van der Waals surface area contributed by atoms with Gasteiger partial charge in [-0.1, -0.05) is 29.8 Å². The molecule has 0 fully saturated rings. The number of aryl methyl sites for hydroxylation is 2. The minimum atomic E-state index is 0.00569. The van der Waals surface area contributed by atoms with Crippen LogP contribution in [0.15, 0.2) is 6.07 Å². The SMILES string of the molecule is CCc1nnc(C)cc1C(=O)N(C)CC(C)Br. The van der Waals surface area contributed by atoms with Crippen LogP contribution in [0, 0.1) is 6.92 Å².